The zero-order chi connectivity index (χ0) is 17.7. The largest absolute Gasteiger partial charge is 0.280 e. The topological polar surface area (TPSA) is 46.2 Å². The number of hydrogen-bond acceptors (Lipinski definition) is 3. The number of nitrogens with one attached hydrogen (secondary N) is 1. The molecule has 128 valence electrons. The van der Waals surface area contributed by atoms with Gasteiger partial charge in [0.25, 0.3) is 10.0 Å². The van der Waals surface area contributed by atoms with E-state index >= 15 is 0 Å². The lowest BCUT2D eigenvalue weighted by atomic mass is 10.2. The molecule has 3 rings (SSSR count). The fraction of sp³-hybridized carbons (Fsp3) is 0.0526. The minimum absolute atomic E-state index is 0.0256. The number of sulfonamides is 1. The van der Waals surface area contributed by atoms with Crippen molar-refractivity contribution >= 4 is 27.5 Å². The Morgan fingerprint density at radius 3 is 2.12 bits per heavy atom. The zero-order valence-corrected chi connectivity index (χ0v) is 14.9. The predicted octanol–water partition coefficient (Wildman–Crippen LogP) is 4.92. The third-order valence-electron chi connectivity index (χ3n) is 3.48. The van der Waals surface area contributed by atoms with Crippen LogP contribution in [0.5, 0.6) is 0 Å². The fourth-order valence-electron chi connectivity index (χ4n) is 2.18. The van der Waals surface area contributed by atoms with Gasteiger partial charge < -0.3 is 0 Å². The minimum Gasteiger partial charge on any atom is -0.280 e. The van der Waals surface area contributed by atoms with Crippen LogP contribution in [0.1, 0.15) is 5.56 Å². The summed E-state index contributed by atoms with van der Waals surface area (Å²) in [4.78, 5) is 1.21. The molecule has 0 heterocycles. The van der Waals surface area contributed by atoms with Crippen molar-refractivity contribution in [3.8, 4) is 0 Å². The molecule has 25 heavy (non-hydrogen) atoms. The molecule has 3 nitrogen and oxygen atoms in total. The standard InChI is InChI=1S/C19H16FNO2S2/c20-16-8-12-19(13-9-16)25(22,23)21-17-10-6-15(7-11-17)14-24-18-4-2-1-3-5-18/h1-13,21H,14H2. The number of hydrogen-bond donors (Lipinski definition) is 1. The minimum atomic E-state index is -3.72. The Morgan fingerprint density at radius 2 is 1.48 bits per heavy atom. The lowest BCUT2D eigenvalue weighted by molar-refractivity contribution is 0.599. The number of benzene rings is 3. The van der Waals surface area contributed by atoms with Crippen LogP contribution in [0.15, 0.2) is 88.7 Å². The van der Waals surface area contributed by atoms with E-state index in [4.69, 9.17) is 0 Å². The number of anilines is 1. The van der Waals surface area contributed by atoms with E-state index in [1.165, 1.54) is 17.0 Å². The van der Waals surface area contributed by atoms with Crippen LogP contribution >= 0.6 is 11.8 Å². The maximum Gasteiger partial charge on any atom is 0.261 e. The highest BCUT2D eigenvalue weighted by Gasteiger charge is 2.14. The van der Waals surface area contributed by atoms with E-state index in [0.29, 0.717) is 5.69 Å². The molecule has 0 aliphatic heterocycles. The van der Waals surface area contributed by atoms with Crippen LogP contribution in [0, 0.1) is 5.82 Å². The Labute approximate surface area is 151 Å². The molecular weight excluding hydrogens is 357 g/mol. The van der Waals surface area contributed by atoms with Gasteiger partial charge in [0, 0.05) is 16.3 Å². The molecule has 0 radical (unpaired) electrons. The highest BCUT2D eigenvalue weighted by atomic mass is 32.2. The summed E-state index contributed by atoms with van der Waals surface area (Å²) in [7, 11) is -3.72. The van der Waals surface area contributed by atoms with Gasteiger partial charge in [-0.25, -0.2) is 12.8 Å². The van der Waals surface area contributed by atoms with Crippen molar-refractivity contribution in [2.75, 3.05) is 4.72 Å². The Balaban J connectivity index is 1.65. The second-order valence-electron chi connectivity index (χ2n) is 5.36. The van der Waals surface area contributed by atoms with Crippen LogP contribution in [0.25, 0.3) is 0 Å². The van der Waals surface area contributed by atoms with E-state index in [1.807, 2.05) is 30.3 Å². The highest BCUT2D eigenvalue weighted by molar-refractivity contribution is 7.98. The van der Waals surface area contributed by atoms with Gasteiger partial charge >= 0.3 is 0 Å². The summed E-state index contributed by atoms with van der Waals surface area (Å²) < 4.78 is 40.0. The van der Waals surface area contributed by atoms with Crippen molar-refractivity contribution in [1.82, 2.24) is 0 Å². The molecule has 0 unspecified atom stereocenters. The molecule has 0 bridgehead atoms. The average Bonchev–Trinajstić information content (AvgIpc) is 2.62. The van der Waals surface area contributed by atoms with E-state index < -0.39 is 15.8 Å². The Bertz CT molecular complexity index is 925. The third kappa shape index (κ3) is 4.84. The predicted molar refractivity (Wildman–Crippen MR) is 99.7 cm³/mol. The number of thioether (sulfide) groups is 1. The van der Waals surface area contributed by atoms with Crippen LogP contribution in [-0.2, 0) is 15.8 Å². The zero-order valence-electron chi connectivity index (χ0n) is 13.2. The normalized spacial score (nSPS) is 11.2. The molecule has 0 amide bonds. The first kappa shape index (κ1) is 17.5. The molecule has 0 aromatic heterocycles. The van der Waals surface area contributed by atoms with E-state index in [2.05, 4.69) is 16.9 Å². The molecule has 0 saturated carbocycles. The quantitative estimate of drug-likeness (QED) is 0.624. The summed E-state index contributed by atoms with van der Waals surface area (Å²) >= 11 is 1.72. The van der Waals surface area contributed by atoms with Crippen LogP contribution in [-0.4, -0.2) is 8.42 Å². The van der Waals surface area contributed by atoms with Crippen LogP contribution < -0.4 is 4.72 Å². The van der Waals surface area contributed by atoms with Gasteiger partial charge in [-0.3, -0.25) is 4.72 Å². The van der Waals surface area contributed by atoms with E-state index in [-0.39, 0.29) is 4.90 Å². The van der Waals surface area contributed by atoms with Crippen molar-refractivity contribution in [3.05, 3.63) is 90.2 Å². The molecular formula is C19H16FNO2S2. The van der Waals surface area contributed by atoms with Crippen molar-refractivity contribution < 1.29 is 12.8 Å². The van der Waals surface area contributed by atoms with Crippen molar-refractivity contribution in [2.24, 2.45) is 0 Å². The van der Waals surface area contributed by atoms with Gasteiger partial charge in [0.15, 0.2) is 0 Å². The van der Waals surface area contributed by atoms with Gasteiger partial charge in [-0.1, -0.05) is 30.3 Å². The number of halogens is 1. The first-order valence-corrected chi connectivity index (χ1v) is 10.0. The lowest BCUT2D eigenvalue weighted by Crippen LogP contribution is -2.12. The molecule has 0 aliphatic carbocycles. The molecule has 0 fully saturated rings. The molecule has 6 heteroatoms. The molecule has 3 aromatic carbocycles. The monoisotopic (exact) mass is 373 g/mol. The summed E-state index contributed by atoms with van der Waals surface area (Å²) in [6, 6.07) is 22.0. The smallest absolute Gasteiger partial charge is 0.261 e. The molecule has 0 saturated heterocycles. The summed E-state index contributed by atoms with van der Waals surface area (Å²) in [6.45, 7) is 0. The average molecular weight is 373 g/mol. The summed E-state index contributed by atoms with van der Waals surface area (Å²) in [5.74, 6) is 0.328. The SMILES string of the molecule is O=S(=O)(Nc1ccc(CSc2ccccc2)cc1)c1ccc(F)cc1. The summed E-state index contributed by atoms with van der Waals surface area (Å²) in [6.07, 6.45) is 0. The fourth-order valence-corrected chi connectivity index (χ4v) is 4.11. The van der Waals surface area contributed by atoms with Gasteiger partial charge in [0.1, 0.15) is 5.82 Å². The van der Waals surface area contributed by atoms with Gasteiger partial charge in [0.05, 0.1) is 4.90 Å². The molecule has 0 aliphatic rings. The first-order chi connectivity index (χ1) is 12.0. The van der Waals surface area contributed by atoms with Crippen LogP contribution in [0.4, 0.5) is 10.1 Å². The van der Waals surface area contributed by atoms with Gasteiger partial charge in [-0.05, 0) is 54.1 Å². The maximum absolute atomic E-state index is 12.9. The Kier molecular flexibility index (Phi) is 5.40. The van der Waals surface area contributed by atoms with Crippen LogP contribution in [0.3, 0.4) is 0 Å². The summed E-state index contributed by atoms with van der Waals surface area (Å²) in [5.41, 5.74) is 1.57. The van der Waals surface area contributed by atoms with Crippen molar-refractivity contribution in [3.63, 3.8) is 0 Å². The molecule has 3 aromatic rings. The van der Waals surface area contributed by atoms with Gasteiger partial charge in [-0.15, -0.1) is 11.8 Å². The second-order valence-corrected chi connectivity index (χ2v) is 8.09. The second kappa shape index (κ2) is 7.72. The molecule has 0 atom stereocenters. The van der Waals surface area contributed by atoms with Crippen molar-refractivity contribution in [1.29, 1.82) is 0 Å². The van der Waals surface area contributed by atoms with E-state index in [0.717, 1.165) is 23.4 Å². The van der Waals surface area contributed by atoms with Crippen molar-refractivity contribution in [2.45, 2.75) is 15.5 Å². The Morgan fingerprint density at radius 1 is 0.840 bits per heavy atom. The third-order valence-corrected chi connectivity index (χ3v) is 5.96. The number of rotatable bonds is 6. The first-order valence-electron chi connectivity index (χ1n) is 7.58. The van der Waals surface area contributed by atoms with E-state index in [9.17, 15) is 12.8 Å². The van der Waals surface area contributed by atoms with Gasteiger partial charge in [0.2, 0.25) is 0 Å². The highest BCUT2D eigenvalue weighted by Crippen LogP contribution is 2.23. The van der Waals surface area contributed by atoms with Gasteiger partial charge in [-0.2, -0.15) is 0 Å². The molecule has 0 spiro atoms. The molecule has 1 N–H and O–H groups in total. The summed E-state index contributed by atoms with van der Waals surface area (Å²) in [5, 5.41) is 0. The van der Waals surface area contributed by atoms with Crippen LogP contribution in [0.2, 0.25) is 0 Å². The van der Waals surface area contributed by atoms with E-state index in [1.54, 1.807) is 23.9 Å². The lowest BCUT2D eigenvalue weighted by Gasteiger charge is -2.09. The maximum atomic E-state index is 12.9. The Hall–Kier alpha value is -2.31.